The van der Waals surface area contributed by atoms with Crippen molar-refractivity contribution in [2.24, 2.45) is 0 Å². The molecule has 0 aromatic heterocycles. The fourth-order valence-corrected chi connectivity index (χ4v) is 2.66. The van der Waals surface area contributed by atoms with Gasteiger partial charge in [-0.3, -0.25) is 9.59 Å². The highest BCUT2D eigenvalue weighted by molar-refractivity contribution is 6.32. The Balaban J connectivity index is 2.59. The van der Waals surface area contributed by atoms with Gasteiger partial charge >= 0.3 is 5.97 Å². The van der Waals surface area contributed by atoms with Crippen LogP contribution in [0.15, 0.2) is 12.1 Å². The lowest BCUT2D eigenvalue weighted by Crippen LogP contribution is -2.24. The molecule has 0 saturated carbocycles. The van der Waals surface area contributed by atoms with Gasteiger partial charge in [0.15, 0.2) is 11.5 Å². The summed E-state index contributed by atoms with van der Waals surface area (Å²) < 4.78 is 15.9. The highest BCUT2D eigenvalue weighted by Crippen LogP contribution is 2.36. The van der Waals surface area contributed by atoms with Crippen LogP contribution in [0.3, 0.4) is 0 Å². The van der Waals surface area contributed by atoms with Gasteiger partial charge < -0.3 is 19.5 Å². The average molecular weight is 400 g/mol. The normalized spacial score (nSPS) is 10.4. The molecule has 0 unspecified atom stereocenters. The number of nitrogens with one attached hydrogen (secondary N) is 1. The quantitative estimate of drug-likeness (QED) is 0.393. The molecule has 0 saturated heterocycles. The van der Waals surface area contributed by atoms with Crippen LogP contribution < -0.4 is 14.8 Å². The summed E-state index contributed by atoms with van der Waals surface area (Å²) >= 11 is 6.31. The second kappa shape index (κ2) is 13.3. The van der Waals surface area contributed by atoms with E-state index in [1.165, 1.54) is 7.11 Å². The zero-order valence-corrected chi connectivity index (χ0v) is 17.2. The maximum Gasteiger partial charge on any atom is 0.305 e. The van der Waals surface area contributed by atoms with Crippen molar-refractivity contribution in [1.29, 1.82) is 0 Å². The third-order valence-corrected chi connectivity index (χ3v) is 4.17. The molecule has 0 aliphatic carbocycles. The van der Waals surface area contributed by atoms with Gasteiger partial charge in [-0.1, -0.05) is 31.4 Å². The van der Waals surface area contributed by atoms with E-state index < -0.39 is 0 Å². The molecule has 6 nitrogen and oxygen atoms in total. The van der Waals surface area contributed by atoms with E-state index in [1.54, 1.807) is 12.1 Å². The Hall–Kier alpha value is -1.95. The Labute approximate surface area is 166 Å². The molecule has 0 atom stereocenters. The Morgan fingerprint density at radius 2 is 1.85 bits per heavy atom. The molecule has 27 heavy (non-hydrogen) atoms. The Morgan fingerprint density at radius 3 is 2.52 bits per heavy atom. The van der Waals surface area contributed by atoms with E-state index in [2.05, 4.69) is 17.0 Å². The number of carbonyl (C=O) groups excluding carboxylic acids is 2. The SMILES string of the molecule is CCCCOc1c(Cl)cc(C(=O)NCCCCCC(=O)OC)cc1OCC. The summed E-state index contributed by atoms with van der Waals surface area (Å²) in [5.74, 6) is 0.528. The highest BCUT2D eigenvalue weighted by Gasteiger charge is 2.16. The van der Waals surface area contributed by atoms with Gasteiger partial charge in [0.1, 0.15) is 0 Å². The highest BCUT2D eigenvalue weighted by atomic mass is 35.5. The summed E-state index contributed by atoms with van der Waals surface area (Å²) in [6.07, 6.45) is 4.70. The summed E-state index contributed by atoms with van der Waals surface area (Å²) in [6, 6.07) is 3.25. The van der Waals surface area contributed by atoms with Crippen LogP contribution >= 0.6 is 11.6 Å². The Morgan fingerprint density at radius 1 is 1.07 bits per heavy atom. The van der Waals surface area contributed by atoms with Crippen LogP contribution in [0.4, 0.5) is 0 Å². The van der Waals surface area contributed by atoms with E-state index in [9.17, 15) is 9.59 Å². The summed E-state index contributed by atoms with van der Waals surface area (Å²) in [6.45, 7) is 5.47. The molecule has 7 heteroatoms. The van der Waals surface area contributed by atoms with Gasteiger partial charge in [-0.2, -0.15) is 0 Å². The molecule has 152 valence electrons. The monoisotopic (exact) mass is 399 g/mol. The molecule has 0 radical (unpaired) electrons. The van der Waals surface area contributed by atoms with Gasteiger partial charge in [-0.25, -0.2) is 0 Å². The number of hydrogen-bond donors (Lipinski definition) is 1. The van der Waals surface area contributed by atoms with E-state index in [0.717, 1.165) is 32.1 Å². The molecular formula is C20H30ClNO5. The summed E-state index contributed by atoms with van der Waals surface area (Å²) in [4.78, 5) is 23.4. The topological polar surface area (TPSA) is 73.9 Å². The third kappa shape index (κ3) is 8.52. The van der Waals surface area contributed by atoms with Crippen molar-refractivity contribution in [2.75, 3.05) is 26.9 Å². The minimum absolute atomic E-state index is 0.210. The number of amides is 1. The molecule has 0 bridgehead atoms. The lowest BCUT2D eigenvalue weighted by Gasteiger charge is -2.15. The van der Waals surface area contributed by atoms with Gasteiger partial charge in [-0.15, -0.1) is 0 Å². The molecule has 0 fully saturated rings. The van der Waals surface area contributed by atoms with E-state index in [4.69, 9.17) is 21.1 Å². The number of methoxy groups -OCH3 is 1. The van der Waals surface area contributed by atoms with Gasteiger partial charge in [0.25, 0.3) is 5.91 Å². The minimum atomic E-state index is -0.217. The zero-order valence-electron chi connectivity index (χ0n) is 16.4. The maximum absolute atomic E-state index is 12.4. The van der Waals surface area contributed by atoms with Gasteiger partial charge in [0, 0.05) is 18.5 Å². The summed E-state index contributed by atoms with van der Waals surface area (Å²) in [7, 11) is 1.38. The first-order valence-corrected chi connectivity index (χ1v) is 9.85. The first-order valence-electron chi connectivity index (χ1n) is 9.47. The average Bonchev–Trinajstić information content (AvgIpc) is 2.66. The molecule has 0 aliphatic heterocycles. The van der Waals surface area contributed by atoms with Crippen molar-refractivity contribution in [3.8, 4) is 11.5 Å². The van der Waals surface area contributed by atoms with Crippen LogP contribution in [-0.2, 0) is 9.53 Å². The van der Waals surface area contributed by atoms with Crippen molar-refractivity contribution < 1.29 is 23.8 Å². The van der Waals surface area contributed by atoms with Crippen molar-refractivity contribution in [1.82, 2.24) is 5.32 Å². The number of halogens is 1. The fraction of sp³-hybridized carbons (Fsp3) is 0.600. The number of unbranched alkanes of at least 4 members (excludes halogenated alkanes) is 3. The van der Waals surface area contributed by atoms with Crippen LogP contribution in [0.2, 0.25) is 5.02 Å². The maximum atomic E-state index is 12.4. The molecule has 1 N–H and O–H groups in total. The Kier molecular flexibility index (Phi) is 11.3. The van der Waals surface area contributed by atoms with Crippen molar-refractivity contribution in [3.63, 3.8) is 0 Å². The van der Waals surface area contributed by atoms with Crippen LogP contribution in [0, 0.1) is 0 Å². The molecular weight excluding hydrogens is 370 g/mol. The lowest BCUT2D eigenvalue weighted by atomic mass is 10.1. The minimum Gasteiger partial charge on any atom is -0.490 e. The second-order valence-corrected chi connectivity index (χ2v) is 6.47. The molecule has 0 spiro atoms. The van der Waals surface area contributed by atoms with Crippen molar-refractivity contribution in [2.45, 2.75) is 52.4 Å². The molecule has 1 aromatic rings. The van der Waals surface area contributed by atoms with Crippen LogP contribution in [0.25, 0.3) is 0 Å². The van der Waals surface area contributed by atoms with E-state index >= 15 is 0 Å². The fourth-order valence-electron chi connectivity index (χ4n) is 2.40. The predicted octanol–water partition coefficient (Wildman–Crippen LogP) is 4.38. The first-order chi connectivity index (χ1) is 13.0. The van der Waals surface area contributed by atoms with Crippen molar-refractivity contribution >= 4 is 23.5 Å². The third-order valence-electron chi connectivity index (χ3n) is 3.89. The molecule has 1 aromatic carbocycles. The number of hydrogen-bond acceptors (Lipinski definition) is 5. The van der Waals surface area contributed by atoms with Crippen LogP contribution in [0.5, 0.6) is 11.5 Å². The number of ether oxygens (including phenoxy) is 3. The van der Waals surface area contributed by atoms with Gasteiger partial charge in [0.2, 0.25) is 0 Å². The van der Waals surface area contributed by atoms with E-state index in [1.807, 2.05) is 6.92 Å². The van der Waals surface area contributed by atoms with E-state index in [0.29, 0.717) is 48.3 Å². The summed E-state index contributed by atoms with van der Waals surface area (Å²) in [5.41, 5.74) is 0.431. The smallest absolute Gasteiger partial charge is 0.305 e. The number of rotatable bonds is 13. The van der Waals surface area contributed by atoms with Crippen LogP contribution in [-0.4, -0.2) is 38.7 Å². The standard InChI is InChI=1S/C20H30ClNO5/c1-4-6-12-27-19-16(21)13-15(14-17(19)26-5-2)20(24)22-11-9-7-8-10-18(23)25-3/h13-14H,4-12H2,1-3H3,(H,22,24). The van der Waals surface area contributed by atoms with Gasteiger partial charge in [-0.05, 0) is 38.3 Å². The van der Waals surface area contributed by atoms with Crippen molar-refractivity contribution in [3.05, 3.63) is 22.7 Å². The zero-order chi connectivity index (χ0) is 20.1. The first kappa shape index (κ1) is 23.1. The summed E-state index contributed by atoms with van der Waals surface area (Å²) in [5, 5.41) is 3.22. The number of benzene rings is 1. The molecule has 0 heterocycles. The predicted molar refractivity (Wildman–Crippen MR) is 106 cm³/mol. The molecule has 1 amide bonds. The molecule has 1 rings (SSSR count). The number of carbonyl (C=O) groups is 2. The number of esters is 1. The lowest BCUT2D eigenvalue weighted by molar-refractivity contribution is -0.140. The second-order valence-electron chi connectivity index (χ2n) is 6.06. The molecule has 0 aliphatic rings. The largest absolute Gasteiger partial charge is 0.490 e. The van der Waals surface area contributed by atoms with Crippen LogP contribution in [0.1, 0.15) is 62.7 Å². The van der Waals surface area contributed by atoms with Gasteiger partial charge in [0.05, 0.1) is 25.3 Å². The van der Waals surface area contributed by atoms with E-state index in [-0.39, 0.29) is 11.9 Å². The Bertz CT molecular complexity index is 606.